The molecule has 0 aliphatic heterocycles. The van der Waals surface area contributed by atoms with E-state index in [1.807, 2.05) is 0 Å². The molecular formula is C16H26N2O3. The Morgan fingerprint density at radius 1 is 1.19 bits per heavy atom. The van der Waals surface area contributed by atoms with Gasteiger partial charge in [-0.2, -0.15) is 0 Å². The Kier molecular flexibility index (Phi) is 7.02. The van der Waals surface area contributed by atoms with Gasteiger partial charge in [-0.1, -0.05) is 0 Å². The van der Waals surface area contributed by atoms with Gasteiger partial charge in [0, 0.05) is 30.4 Å². The maximum Gasteiger partial charge on any atom is 0.211 e. The topological polar surface area (TPSA) is 50.8 Å². The molecule has 0 spiro atoms. The van der Waals surface area contributed by atoms with Gasteiger partial charge in [0.15, 0.2) is 11.5 Å². The summed E-state index contributed by atoms with van der Waals surface area (Å²) < 4.78 is 11.1. The second kappa shape index (κ2) is 8.52. The van der Waals surface area contributed by atoms with Crippen molar-refractivity contribution in [2.24, 2.45) is 0 Å². The van der Waals surface area contributed by atoms with Gasteiger partial charge in [0.05, 0.1) is 7.11 Å². The van der Waals surface area contributed by atoms with Crippen LogP contribution in [0.1, 0.15) is 27.7 Å². The normalized spacial score (nSPS) is 11.0. The minimum absolute atomic E-state index is 0.471. The molecule has 0 heterocycles. The Bertz CT molecular complexity index is 439. The first kappa shape index (κ1) is 17.3. The second-order valence-electron chi connectivity index (χ2n) is 5.40. The number of methoxy groups -OCH3 is 1. The van der Waals surface area contributed by atoms with Gasteiger partial charge in [0.2, 0.25) is 6.41 Å². The first-order chi connectivity index (χ1) is 9.99. The van der Waals surface area contributed by atoms with Gasteiger partial charge in [-0.3, -0.25) is 9.69 Å². The average Bonchev–Trinajstić information content (AvgIpc) is 2.43. The lowest BCUT2D eigenvalue weighted by Gasteiger charge is -2.30. The van der Waals surface area contributed by atoms with Crippen molar-refractivity contribution in [3.63, 3.8) is 0 Å². The molecule has 0 radical (unpaired) electrons. The molecule has 0 bridgehead atoms. The molecule has 1 amide bonds. The van der Waals surface area contributed by atoms with Crippen molar-refractivity contribution in [3.05, 3.63) is 18.2 Å². The van der Waals surface area contributed by atoms with Crippen molar-refractivity contribution >= 4 is 12.1 Å². The Balaban J connectivity index is 2.68. The molecule has 5 heteroatoms. The SMILES string of the molecule is COc1ccc(NC=O)cc1OCCN(C(C)C)C(C)C. The number of nitrogens with one attached hydrogen (secondary N) is 1. The summed E-state index contributed by atoms with van der Waals surface area (Å²) in [7, 11) is 1.60. The molecule has 118 valence electrons. The minimum Gasteiger partial charge on any atom is -0.493 e. The smallest absolute Gasteiger partial charge is 0.211 e. The summed E-state index contributed by atoms with van der Waals surface area (Å²) in [6.07, 6.45) is 0.644. The molecule has 0 saturated heterocycles. The molecule has 1 aromatic rings. The predicted molar refractivity (Wildman–Crippen MR) is 85.2 cm³/mol. The predicted octanol–water partition coefficient (Wildman–Crippen LogP) is 2.76. The number of anilines is 1. The fourth-order valence-corrected chi connectivity index (χ4v) is 2.32. The van der Waals surface area contributed by atoms with Crippen LogP contribution in [0.15, 0.2) is 18.2 Å². The number of carbonyl (C=O) groups excluding carboxylic acids is 1. The first-order valence-electron chi connectivity index (χ1n) is 7.26. The van der Waals surface area contributed by atoms with E-state index in [4.69, 9.17) is 9.47 Å². The monoisotopic (exact) mass is 294 g/mol. The van der Waals surface area contributed by atoms with E-state index < -0.39 is 0 Å². The minimum atomic E-state index is 0.471. The van der Waals surface area contributed by atoms with Gasteiger partial charge < -0.3 is 14.8 Å². The molecule has 0 aliphatic rings. The van der Waals surface area contributed by atoms with Crippen LogP contribution in [0.5, 0.6) is 11.5 Å². The largest absolute Gasteiger partial charge is 0.493 e. The zero-order valence-electron chi connectivity index (χ0n) is 13.6. The highest BCUT2D eigenvalue weighted by atomic mass is 16.5. The van der Waals surface area contributed by atoms with Crippen LogP contribution in [0.2, 0.25) is 0 Å². The van der Waals surface area contributed by atoms with Crippen molar-refractivity contribution in [1.82, 2.24) is 4.90 Å². The van der Waals surface area contributed by atoms with E-state index in [1.54, 1.807) is 25.3 Å². The zero-order chi connectivity index (χ0) is 15.8. The molecule has 0 saturated carbocycles. The maximum atomic E-state index is 10.5. The van der Waals surface area contributed by atoms with Crippen molar-refractivity contribution in [2.45, 2.75) is 39.8 Å². The number of amides is 1. The van der Waals surface area contributed by atoms with Crippen LogP contribution in [-0.2, 0) is 4.79 Å². The number of benzene rings is 1. The molecule has 0 aromatic heterocycles. The Morgan fingerprint density at radius 3 is 2.38 bits per heavy atom. The van der Waals surface area contributed by atoms with Gasteiger partial charge in [-0.25, -0.2) is 0 Å². The molecule has 1 rings (SSSR count). The average molecular weight is 294 g/mol. The van der Waals surface area contributed by atoms with Crippen molar-refractivity contribution in [2.75, 3.05) is 25.6 Å². The molecule has 0 atom stereocenters. The van der Waals surface area contributed by atoms with Crippen molar-refractivity contribution in [1.29, 1.82) is 0 Å². The van der Waals surface area contributed by atoms with E-state index in [2.05, 4.69) is 37.9 Å². The van der Waals surface area contributed by atoms with Crippen molar-refractivity contribution < 1.29 is 14.3 Å². The molecule has 1 aromatic carbocycles. The van der Waals surface area contributed by atoms with Crippen LogP contribution >= 0.6 is 0 Å². The van der Waals surface area contributed by atoms with Crippen LogP contribution in [-0.4, -0.2) is 43.7 Å². The summed E-state index contributed by atoms with van der Waals surface area (Å²) in [5, 5.41) is 2.61. The van der Waals surface area contributed by atoms with Gasteiger partial charge in [0.1, 0.15) is 6.61 Å². The summed E-state index contributed by atoms with van der Waals surface area (Å²) in [5.41, 5.74) is 0.686. The lowest BCUT2D eigenvalue weighted by Crippen LogP contribution is -2.39. The van der Waals surface area contributed by atoms with Crippen LogP contribution in [0.3, 0.4) is 0 Å². The van der Waals surface area contributed by atoms with Crippen LogP contribution in [0.4, 0.5) is 5.69 Å². The summed E-state index contributed by atoms with van der Waals surface area (Å²) >= 11 is 0. The number of rotatable bonds is 9. The number of carbonyl (C=O) groups is 1. The molecule has 5 nitrogen and oxygen atoms in total. The third kappa shape index (κ3) is 5.27. The molecular weight excluding hydrogens is 268 g/mol. The van der Waals surface area contributed by atoms with Gasteiger partial charge in [-0.15, -0.1) is 0 Å². The summed E-state index contributed by atoms with van der Waals surface area (Å²) in [4.78, 5) is 12.9. The fourth-order valence-electron chi connectivity index (χ4n) is 2.32. The van der Waals surface area contributed by atoms with Gasteiger partial charge in [-0.05, 0) is 39.8 Å². The maximum absolute atomic E-state index is 10.5. The van der Waals surface area contributed by atoms with E-state index in [1.165, 1.54) is 0 Å². The highest BCUT2D eigenvalue weighted by Gasteiger charge is 2.13. The Morgan fingerprint density at radius 2 is 1.86 bits per heavy atom. The second-order valence-corrected chi connectivity index (χ2v) is 5.40. The summed E-state index contributed by atoms with van der Waals surface area (Å²) in [5.74, 6) is 1.30. The highest BCUT2D eigenvalue weighted by molar-refractivity contribution is 5.72. The lowest BCUT2D eigenvalue weighted by molar-refractivity contribution is -0.105. The molecule has 21 heavy (non-hydrogen) atoms. The standard InChI is InChI=1S/C16H26N2O3/c1-12(2)18(13(3)4)8-9-21-16-10-14(17-11-19)6-7-15(16)20-5/h6-7,10-13H,8-9H2,1-5H3,(H,17,19). The third-order valence-electron chi connectivity index (χ3n) is 3.32. The van der Waals surface area contributed by atoms with Crippen LogP contribution < -0.4 is 14.8 Å². The lowest BCUT2D eigenvalue weighted by atomic mass is 10.2. The van der Waals surface area contributed by atoms with Crippen LogP contribution in [0, 0.1) is 0 Å². The molecule has 0 unspecified atom stereocenters. The third-order valence-corrected chi connectivity index (χ3v) is 3.32. The Labute approximate surface area is 127 Å². The van der Waals surface area contributed by atoms with E-state index in [0.717, 1.165) is 6.54 Å². The Hall–Kier alpha value is -1.75. The van der Waals surface area contributed by atoms with E-state index in [9.17, 15) is 4.79 Å². The van der Waals surface area contributed by atoms with Crippen molar-refractivity contribution in [3.8, 4) is 11.5 Å². The number of nitrogens with zero attached hydrogens (tertiary/aromatic N) is 1. The summed E-state index contributed by atoms with van der Waals surface area (Å²) in [6.45, 7) is 10.1. The summed E-state index contributed by atoms with van der Waals surface area (Å²) in [6, 6.07) is 6.26. The molecule has 1 N–H and O–H groups in total. The highest BCUT2D eigenvalue weighted by Crippen LogP contribution is 2.30. The number of hydrogen-bond donors (Lipinski definition) is 1. The zero-order valence-corrected chi connectivity index (χ0v) is 13.6. The van der Waals surface area contributed by atoms with E-state index in [0.29, 0.717) is 42.3 Å². The fraction of sp³-hybridized carbons (Fsp3) is 0.562. The number of ether oxygens (including phenoxy) is 2. The first-order valence-corrected chi connectivity index (χ1v) is 7.26. The van der Waals surface area contributed by atoms with Crippen LogP contribution in [0.25, 0.3) is 0 Å². The molecule has 0 aliphatic carbocycles. The van der Waals surface area contributed by atoms with Gasteiger partial charge >= 0.3 is 0 Å². The molecule has 0 fully saturated rings. The number of hydrogen-bond acceptors (Lipinski definition) is 4. The van der Waals surface area contributed by atoms with E-state index in [-0.39, 0.29) is 0 Å². The quantitative estimate of drug-likeness (QED) is 0.712. The van der Waals surface area contributed by atoms with E-state index >= 15 is 0 Å². The van der Waals surface area contributed by atoms with Gasteiger partial charge in [0.25, 0.3) is 0 Å².